The number of hydrogen-bond acceptors (Lipinski definition) is 3. The maximum atomic E-state index is 12.5. The van der Waals surface area contributed by atoms with Gasteiger partial charge in [-0.15, -0.1) is 0 Å². The van der Waals surface area contributed by atoms with Crippen molar-refractivity contribution in [2.45, 2.75) is 25.1 Å². The molecule has 20 heavy (non-hydrogen) atoms. The van der Waals surface area contributed by atoms with Crippen molar-refractivity contribution >= 4 is 29.3 Å². The van der Waals surface area contributed by atoms with Gasteiger partial charge < -0.3 is 5.11 Å². The molecular formula is C11H8ClF3N2O3. The third-order valence-corrected chi connectivity index (χ3v) is 3.15. The number of pyridine rings is 1. The van der Waals surface area contributed by atoms with E-state index < -0.39 is 34.7 Å². The van der Waals surface area contributed by atoms with Crippen molar-refractivity contribution in [3.8, 4) is 0 Å². The summed E-state index contributed by atoms with van der Waals surface area (Å²) in [5.74, 6) is -2.06. The molecule has 0 spiro atoms. The van der Waals surface area contributed by atoms with E-state index in [1.807, 2.05) is 0 Å². The number of hydrogen-bond donors (Lipinski definition) is 1. The number of carbonyl (C=O) groups is 2. The molecule has 9 heteroatoms. The summed E-state index contributed by atoms with van der Waals surface area (Å²) >= 11 is 5.70. The van der Waals surface area contributed by atoms with E-state index in [2.05, 4.69) is 4.98 Å². The second kappa shape index (κ2) is 4.93. The van der Waals surface area contributed by atoms with Gasteiger partial charge in [-0.3, -0.25) is 9.69 Å². The van der Waals surface area contributed by atoms with Gasteiger partial charge in [0.15, 0.2) is 5.82 Å². The molecule has 2 heterocycles. The summed E-state index contributed by atoms with van der Waals surface area (Å²) < 4.78 is 37.5. The Morgan fingerprint density at radius 3 is 2.65 bits per heavy atom. The lowest BCUT2D eigenvalue weighted by atomic mass is 10.2. The van der Waals surface area contributed by atoms with Gasteiger partial charge >= 0.3 is 12.1 Å². The lowest BCUT2D eigenvalue weighted by molar-refractivity contribution is -0.139. The Morgan fingerprint density at radius 1 is 1.50 bits per heavy atom. The zero-order chi connectivity index (χ0) is 15.1. The number of halogens is 4. The predicted molar refractivity (Wildman–Crippen MR) is 62.4 cm³/mol. The van der Waals surface area contributed by atoms with Gasteiger partial charge in [-0.25, -0.2) is 9.78 Å². The quantitative estimate of drug-likeness (QED) is 0.910. The van der Waals surface area contributed by atoms with Crippen LogP contribution in [-0.4, -0.2) is 28.0 Å². The number of anilines is 1. The molecule has 108 valence electrons. The fourth-order valence-corrected chi connectivity index (χ4v) is 2.20. The zero-order valence-corrected chi connectivity index (χ0v) is 10.6. The van der Waals surface area contributed by atoms with Gasteiger partial charge in [0.1, 0.15) is 6.04 Å². The molecule has 0 aromatic carbocycles. The van der Waals surface area contributed by atoms with E-state index in [-0.39, 0.29) is 18.7 Å². The van der Waals surface area contributed by atoms with Crippen molar-refractivity contribution in [1.29, 1.82) is 0 Å². The van der Waals surface area contributed by atoms with Crippen LogP contribution in [0.1, 0.15) is 18.4 Å². The highest BCUT2D eigenvalue weighted by Gasteiger charge is 2.40. The fraction of sp³-hybridized carbons (Fsp3) is 0.364. The lowest BCUT2D eigenvalue weighted by Gasteiger charge is -2.22. The molecule has 1 aliphatic heterocycles. The molecule has 1 unspecified atom stereocenters. The number of carboxylic acid groups (broad SMARTS) is 1. The van der Waals surface area contributed by atoms with Crippen LogP contribution < -0.4 is 4.90 Å². The summed E-state index contributed by atoms with van der Waals surface area (Å²) in [6.45, 7) is 0. The van der Waals surface area contributed by atoms with Crippen molar-refractivity contribution in [2.75, 3.05) is 4.90 Å². The fourth-order valence-electron chi connectivity index (χ4n) is 1.95. The van der Waals surface area contributed by atoms with E-state index in [0.29, 0.717) is 12.3 Å². The Morgan fingerprint density at radius 2 is 2.15 bits per heavy atom. The minimum Gasteiger partial charge on any atom is -0.480 e. The molecule has 1 amide bonds. The molecule has 1 fully saturated rings. The largest absolute Gasteiger partial charge is 0.480 e. The van der Waals surface area contributed by atoms with Crippen LogP contribution in [0.2, 0.25) is 5.02 Å². The Labute approximate surface area is 116 Å². The number of aliphatic carboxylic acids is 1. The molecule has 1 aromatic heterocycles. The number of aromatic nitrogens is 1. The number of carbonyl (C=O) groups excluding carboxylic acids is 1. The highest BCUT2D eigenvalue weighted by Crippen LogP contribution is 2.36. The summed E-state index contributed by atoms with van der Waals surface area (Å²) in [6, 6.07) is -0.543. The molecule has 2 rings (SSSR count). The van der Waals surface area contributed by atoms with Gasteiger partial charge in [0.05, 0.1) is 10.6 Å². The van der Waals surface area contributed by atoms with Crippen LogP contribution in [0, 0.1) is 0 Å². The summed E-state index contributed by atoms with van der Waals surface area (Å²) in [6.07, 6.45) is -4.05. The van der Waals surface area contributed by atoms with Gasteiger partial charge in [-0.1, -0.05) is 11.6 Å². The van der Waals surface area contributed by atoms with Crippen molar-refractivity contribution in [1.82, 2.24) is 4.98 Å². The van der Waals surface area contributed by atoms with Gasteiger partial charge in [0.2, 0.25) is 5.91 Å². The van der Waals surface area contributed by atoms with Crippen molar-refractivity contribution in [3.63, 3.8) is 0 Å². The maximum absolute atomic E-state index is 12.5. The molecule has 0 radical (unpaired) electrons. The number of amides is 1. The molecule has 1 aromatic rings. The third-order valence-electron chi connectivity index (χ3n) is 2.87. The number of alkyl halides is 3. The van der Waals surface area contributed by atoms with E-state index in [1.54, 1.807) is 0 Å². The molecule has 1 saturated heterocycles. The Hall–Kier alpha value is -1.83. The zero-order valence-electron chi connectivity index (χ0n) is 9.82. The van der Waals surface area contributed by atoms with Crippen molar-refractivity contribution in [3.05, 3.63) is 22.8 Å². The molecule has 1 atom stereocenters. The van der Waals surface area contributed by atoms with Crippen molar-refractivity contribution in [2.24, 2.45) is 0 Å². The minimum atomic E-state index is -4.61. The first-order valence-corrected chi connectivity index (χ1v) is 5.87. The monoisotopic (exact) mass is 308 g/mol. The van der Waals surface area contributed by atoms with Crippen molar-refractivity contribution < 1.29 is 27.9 Å². The van der Waals surface area contributed by atoms with Crippen LogP contribution in [0.5, 0.6) is 0 Å². The average molecular weight is 309 g/mol. The number of carboxylic acids is 1. The van der Waals surface area contributed by atoms with E-state index in [9.17, 15) is 22.8 Å². The first kappa shape index (κ1) is 14.6. The standard InChI is InChI=1S/C11H8ClF3N2O3/c12-6-3-5(11(13,14)15)4-16-9(6)17-7(10(19)20)1-2-8(17)18/h3-4,7H,1-2H2,(H,19,20). The van der Waals surface area contributed by atoms with Gasteiger partial charge in [-0.05, 0) is 12.5 Å². The lowest BCUT2D eigenvalue weighted by Crippen LogP contribution is -2.39. The molecule has 0 bridgehead atoms. The Bertz CT molecular complexity index is 577. The van der Waals surface area contributed by atoms with Crippen LogP contribution in [0.25, 0.3) is 0 Å². The predicted octanol–water partition coefficient (Wildman–Crippen LogP) is 2.33. The SMILES string of the molecule is O=C(O)C1CCC(=O)N1c1ncc(C(F)(F)F)cc1Cl. The Kier molecular flexibility index (Phi) is 3.59. The molecule has 5 nitrogen and oxygen atoms in total. The van der Waals surface area contributed by atoms with E-state index >= 15 is 0 Å². The topological polar surface area (TPSA) is 70.5 Å². The normalized spacial score (nSPS) is 19.5. The van der Waals surface area contributed by atoms with E-state index in [4.69, 9.17) is 16.7 Å². The Balaban J connectivity index is 2.42. The van der Waals surface area contributed by atoms with Gasteiger partial charge in [0.25, 0.3) is 0 Å². The smallest absolute Gasteiger partial charge is 0.417 e. The summed E-state index contributed by atoms with van der Waals surface area (Å²) in [5.41, 5.74) is -1.07. The first-order valence-electron chi connectivity index (χ1n) is 5.49. The van der Waals surface area contributed by atoms with Crippen LogP contribution >= 0.6 is 11.6 Å². The van der Waals surface area contributed by atoms with Crippen LogP contribution in [0.4, 0.5) is 19.0 Å². The highest BCUT2D eigenvalue weighted by atomic mass is 35.5. The van der Waals surface area contributed by atoms with Crippen LogP contribution in [0.15, 0.2) is 12.3 Å². The summed E-state index contributed by atoms with van der Waals surface area (Å²) in [7, 11) is 0. The maximum Gasteiger partial charge on any atom is 0.417 e. The van der Waals surface area contributed by atoms with E-state index in [1.165, 1.54) is 0 Å². The highest BCUT2D eigenvalue weighted by molar-refractivity contribution is 6.33. The number of nitrogens with zero attached hydrogens (tertiary/aromatic N) is 2. The minimum absolute atomic E-state index is 0.0179. The first-order chi connectivity index (χ1) is 9.21. The van der Waals surface area contributed by atoms with Gasteiger partial charge in [0, 0.05) is 12.6 Å². The van der Waals surface area contributed by atoms with Crippen LogP contribution in [0.3, 0.4) is 0 Å². The van der Waals surface area contributed by atoms with Crippen LogP contribution in [-0.2, 0) is 15.8 Å². The number of rotatable bonds is 2. The summed E-state index contributed by atoms with van der Waals surface area (Å²) in [5, 5.41) is 8.58. The van der Waals surface area contributed by atoms with E-state index in [0.717, 1.165) is 4.90 Å². The molecule has 0 aliphatic carbocycles. The second-order valence-corrected chi connectivity index (χ2v) is 4.59. The van der Waals surface area contributed by atoms with Gasteiger partial charge in [-0.2, -0.15) is 13.2 Å². The molecular weight excluding hydrogens is 301 g/mol. The molecule has 0 saturated carbocycles. The average Bonchev–Trinajstić information content (AvgIpc) is 2.70. The third kappa shape index (κ3) is 2.55. The molecule has 1 aliphatic rings. The summed E-state index contributed by atoms with van der Waals surface area (Å²) in [4.78, 5) is 27.0. The molecule has 1 N–H and O–H groups in total. The second-order valence-electron chi connectivity index (χ2n) is 4.18.